The number of nitrogens with one attached hydrogen (secondary N) is 2. The minimum atomic E-state index is 0.585. The highest BCUT2D eigenvalue weighted by atomic mass is 15.1. The van der Waals surface area contributed by atoms with Crippen LogP contribution in [0.1, 0.15) is 17.7 Å². The molecule has 1 saturated heterocycles. The summed E-state index contributed by atoms with van der Waals surface area (Å²) in [5, 5.41) is 6.68. The van der Waals surface area contributed by atoms with E-state index in [0.29, 0.717) is 6.04 Å². The second kappa shape index (κ2) is 3.24. The minimum absolute atomic E-state index is 0.585. The Morgan fingerprint density at radius 2 is 2.21 bits per heavy atom. The van der Waals surface area contributed by atoms with Crippen LogP contribution in [0.25, 0.3) is 0 Å². The summed E-state index contributed by atoms with van der Waals surface area (Å²) in [5.41, 5.74) is 2.75. The van der Waals surface area contributed by atoms with Crippen LogP contribution in [0.2, 0.25) is 0 Å². The fourth-order valence-electron chi connectivity index (χ4n) is 2.10. The molecule has 2 N–H and O–H groups in total. The number of aryl methyl sites for hydroxylation is 2. The van der Waals surface area contributed by atoms with Gasteiger partial charge in [0.25, 0.3) is 0 Å². The molecule has 0 spiro atoms. The van der Waals surface area contributed by atoms with Gasteiger partial charge in [-0.2, -0.15) is 0 Å². The lowest BCUT2D eigenvalue weighted by molar-refractivity contribution is 0.471. The van der Waals surface area contributed by atoms with Gasteiger partial charge >= 0.3 is 0 Å². The number of aromatic nitrogens is 1. The molecule has 1 aliphatic heterocycles. The summed E-state index contributed by atoms with van der Waals surface area (Å²) in [7, 11) is 0. The average Bonchev–Trinajstić information content (AvgIpc) is 2.58. The van der Waals surface area contributed by atoms with Gasteiger partial charge in [-0.15, -0.1) is 0 Å². The first kappa shape index (κ1) is 8.24. The number of hydrogen-bond donors (Lipinski definition) is 2. The molecular weight excluding hydrogens is 174 g/mol. The summed E-state index contributed by atoms with van der Waals surface area (Å²) in [6, 6.07) is 4.92. The van der Waals surface area contributed by atoms with Crippen molar-refractivity contribution in [2.45, 2.75) is 25.3 Å². The molecule has 74 valence electrons. The Balaban J connectivity index is 1.78. The van der Waals surface area contributed by atoms with Crippen LogP contribution in [0, 0.1) is 0 Å². The van der Waals surface area contributed by atoms with Gasteiger partial charge in [-0.1, -0.05) is 6.07 Å². The summed E-state index contributed by atoms with van der Waals surface area (Å²) in [4.78, 5) is 4.64. The third-order valence-corrected chi connectivity index (χ3v) is 3.06. The van der Waals surface area contributed by atoms with Gasteiger partial charge in [0.1, 0.15) is 5.82 Å². The van der Waals surface area contributed by atoms with E-state index in [2.05, 4.69) is 27.8 Å². The normalized spacial score (nSPS) is 20.3. The Labute approximate surface area is 83.9 Å². The molecule has 0 bridgehead atoms. The van der Waals surface area contributed by atoms with Crippen molar-refractivity contribution in [2.75, 3.05) is 18.4 Å². The molecule has 1 aromatic rings. The summed E-state index contributed by atoms with van der Waals surface area (Å²) >= 11 is 0. The molecule has 0 saturated carbocycles. The molecule has 0 amide bonds. The number of fused-ring (bicyclic) bond motifs is 1. The van der Waals surface area contributed by atoms with Crippen LogP contribution in [-0.2, 0) is 12.8 Å². The lowest BCUT2D eigenvalue weighted by Crippen LogP contribution is -2.51. The summed E-state index contributed by atoms with van der Waals surface area (Å²) in [5.74, 6) is 1.05. The van der Waals surface area contributed by atoms with E-state index in [9.17, 15) is 0 Å². The van der Waals surface area contributed by atoms with Crippen LogP contribution in [0.3, 0.4) is 0 Å². The van der Waals surface area contributed by atoms with Crippen molar-refractivity contribution in [3.63, 3.8) is 0 Å². The minimum Gasteiger partial charge on any atom is -0.365 e. The number of hydrogen-bond acceptors (Lipinski definition) is 3. The van der Waals surface area contributed by atoms with Crippen molar-refractivity contribution in [1.82, 2.24) is 10.3 Å². The molecule has 0 atom stereocenters. The van der Waals surface area contributed by atoms with Gasteiger partial charge in [0.2, 0.25) is 0 Å². The fraction of sp³-hybridized carbons (Fsp3) is 0.545. The van der Waals surface area contributed by atoms with Crippen LogP contribution in [0.15, 0.2) is 12.1 Å². The zero-order chi connectivity index (χ0) is 9.38. The van der Waals surface area contributed by atoms with Crippen molar-refractivity contribution in [1.29, 1.82) is 0 Å². The molecule has 2 heterocycles. The van der Waals surface area contributed by atoms with Crippen LogP contribution < -0.4 is 10.6 Å². The maximum absolute atomic E-state index is 4.64. The summed E-state index contributed by atoms with van der Waals surface area (Å²) in [6.07, 6.45) is 3.65. The Morgan fingerprint density at radius 3 is 3.00 bits per heavy atom. The molecule has 1 aliphatic carbocycles. The second-order valence-corrected chi connectivity index (χ2v) is 4.16. The van der Waals surface area contributed by atoms with Crippen LogP contribution in [0.5, 0.6) is 0 Å². The Morgan fingerprint density at radius 1 is 1.29 bits per heavy atom. The monoisotopic (exact) mass is 189 g/mol. The van der Waals surface area contributed by atoms with Crippen LogP contribution in [0.4, 0.5) is 5.82 Å². The summed E-state index contributed by atoms with van der Waals surface area (Å²) in [6.45, 7) is 2.14. The number of nitrogens with zero attached hydrogens (tertiary/aromatic N) is 1. The third-order valence-electron chi connectivity index (χ3n) is 3.06. The highest BCUT2D eigenvalue weighted by Crippen LogP contribution is 2.21. The van der Waals surface area contributed by atoms with Crippen molar-refractivity contribution < 1.29 is 0 Å². The predicted octanol–water partition coefficient (Wildman–Crippen LogP) is 0.954. The van der Waals surface area contributed by atoms with E-state index >= 15 is 0 Å². The molecule has 2 aliphatic rings. The third kappa shape index (κ3) is 1.38. The molecule has 1 aromatic heterocycles. The summed E-state index contributed by atoms with van der Waals surface area (Å²) < 4.78 is 0. The Kier molecular flexibility index (Phi) is 1.91. The van der Waals surface area contributed by atoms with Gasteiger partial charge in [-0.05, 0) is 30.9 Å². The number of pyridine rings is 1. The standard InChI is InChI=1S/C11H15N3/c1-2-8-4-5-11(14-10(8)3-1)13-9-6-12-7-9/h4-5,9,12H,1-3,6-7H2,(H,13,14). The van der Waals surface area contributed by atoms with E-state index in [1.807, 2.05) is 0 Å². The number of anilines is 1. The topological polar surface area (TPSA) is 37.0 Å². The van der Waals surface area contributed by atoms with Crippen molar-refractivity contribution in [3.05, 3.63) is 23.4 Å². The number of rotatable bonds is 2. The van der Waals surface area contributed by atoms with E-state index in [0.717, 1.165) is 25.3 Å². The van der Waals surface area contributed by atoms with E-state index < -0.39 is 0 Å². The van der Waals surface area contributed by atoms with E-state index in [1.165, 1.54) is 24.1 Å². The quantitative estimate of drug-likeness (QED) is 0.727. The zero-order valence-corrected chi connectivity index (χ0v) is 8.21. The Hall–Kier alpha value is -1.09. The van der Waals surface area contributed by atoms with Gasteiger partial charge in [0.15, 0.2) is 0 Å². The van der Waals surface area contributed by atoms with E-state index in [4.69, 9.17) is 0 Å². The molecule has 14 heavy (non-hydrogen) atoms. The second-order valence-electron chi connectivity index (χ2n) is 4.16. The van der Waals surface area contributed by atoms with E-state index in [1.54, 1.807) is 0 Å². The maximum atomic E-state index is 4.64. The predicted molar refractivity (Wildman–Crippen MR) is 56.5 cm³/mol. The fourth-order valence-corrected chi connectivity index (χ4v) is 2.10. The lowest BCUT2D eigenvalue weighted by atomic mass is 10.2. The Bertz CT molecular complexity index is 344. The highest BCUT2D eigenvalue weighted by Gasteiger charge is 2.18. The van der Waals surface area contributed by atoms with Gasteiger partial charge in [0, 0.05) is 18.8 Å². The lowest BCUT2D eigenvalue weighted by Gasteiger charge is -2.28. The highest BCUT2D eigenvalue weighted by molar-refractivity contribution is 5.41. The average molecular weight is 189 g/mol. The molecular formula is C11H15N3. The van der Waals surface area contributed by atoms with Gasteiger partial charge in [-0.25, -0.2) is 4.98 Å². The smallest absolute Gasteiger partial charge is 0.126 e. The zero-order valence-electron chi connectivity index (χ0n) is 8.21. The van der Waals surface area contributed by atoms with E-state index in [-0.39, 0.29) is 0 Å². The molecule has 3 nitrogen and oxygen atoms in total. The molecule has 1 fully saturated rings. The van der Waals surface area contributed by atoms with Crippen LogP contribution >= 0.6 is 0 Å². The molecule has 0 radical (unpaired) electrons. The van der Waals surface area contributed by atoms with Crippen molar-refractivity contribution in [2.24, 2.45) is 0 Å². The largest absolute Gasteiger partial charge is 0.365 e. The molecule has 3 heteroatoms. The van der Waals surface area contributed by atoms with Crippen molar-refractivity contribution in [3.8, 4) is 0 Å². The maximum Gasteiger partial charge on any atom is 0.126 e. The molecule has 0 unspecified atom stereocenters. The van der Waals surface area contributed by atoms with Gasteiger partial charge in [-0.3, -0.25) is 0 Å². The first-order valence-corrected chi connectivity index (χ1v) is 5.38. The first-order chi connectivity index (χ1) is 6.92. The first-order valence-electron chi connectivity index (χ1n) is 5.38. The van der Waals surface area contributed by atoms with Gasteiger partial charge in [0.05, 0.1) is 6.04 Å². The molecule has 3 rings (SSSR count). The molecule has 0 aromatic carbocycles. The van der Waals surface area contributed by atoms with Crippen molar-refractivity contribution >= 4 is 5.82 Å². The van der Waals surface area contributed by atoms with Gasteiger partial charge < -0.3 is 10.6 Å². The SMILES string of the molecule is c1cc2c(nc1NC1CNC1)CCC2. The van der Waals surface area contributed by atoms with Crippen LogP contribution in [-0.4, -0.2) is 24.1 Å².